The number of hydrogen-bond donors (Lipinski definition) is 4. The number of hydrogen-bond acceptors (Lipinski definition) is 6. The number of thiol groups is 1. The van der Waals surface area contributed by atoms with E-state index in [4.69, 9.17) is 9.47 Å². The fraction of sp³-hybridized carbons (Fsp3) is 0.867. The molecule has 0 bridgehead atoms. The molecule has 8 heteroatoms. The number of amides is 2. The maximum absolute atomic E-state index is 11.5. The van der Waals surface area contributed by atoms with Crippen molar-refractivity contribution >= 4 is 24.6 Å². The summed E-state index contributed by atoms with van der Waals surface area (Å²) in [5.74, 6) is 0.515. The number of carbonyl (C=O) groups is 2. The fourth-order valence-corrected chi connectivity index (χ4v) is 1.68. The van der Waals surface area contributed by atoms with Crippen LogP contribution in [0.3, 0.4) is 0 Å². The molecule has 0 radical (unpaired) electrons. The lowest BCUT2D eigenvalue weighted by atomic mass is 10.1. The minimum atomic E-state index is -0.0705. The van der Waals surface area contributed by atoms with E-state index < -0.39 is 0 Å². The fourth-order valence-electron chi connectivity index (χ4n) is 1.59. The van der Waals surface area contributed by atoms with Crippen molar-refractivity contribution in [2.45, 2.75) is 33.1 Å². The van der Waals surface area contributed by atoms with E-state index in [1.807, 2.05) is 0 Å². The van der Waals surface area contributed by atoms with Gasteiger partial charge in [0.2, 0.25) is 11.8 Å². The van der Waals surface area contributed by atoms with E-state index in [-0.39, 0.29) is 11.8 Å². The van der Waals surface area contributed by atoms with Gasteiger partial charge in [0.25, 0.3) is 0 Å². The molecule has 0 atom stereocenters. The highest BCUT2D eigenvalue weighted by molar-refractivity contribution is 7.78. The van der Waals surface area contributed by atoms with Crippen molar-refractivity contribution < 1.29 is 19.1 Å². The molecule has 0 fully saturated rings. The minimum absolute atomic E-state index is 0.00235. The highest BCUT2D eigenvalue weighted by Crippen LogP contribution is 1.96. The van der Waals surface area contributed by atoms with Crippen molar-refractivity contribution in [2.24, 2.45) is 5.92 Å². The van der Waals surface area contributed by atoms with Crippen molar-refractivity contribution in [3.05, 3.63) is 0 Å². The Bertz CT molecular complexity index is 317. The van der Waals surface area contributed by atoms with Gasteiger partial charge < -0.3 is 20.1 Å². The second kappa shape index (κ2) is 16.0. The van der Waals surface area contributed by atoms with Crippen molar-refractivity contribution in [3.63, 3.8) is 0 Å². The van der Waals surface area contributed by atoms with Gasteiger partial charge >= 0.3 is 0 Å². The smallest absolute Gasteiger partial charge is 0.222 e. The zero-order valence-corrected chi connectivity index (χ0v) is 15.1. The number of ether oxygens (including phenoxy) is 2. The Balaban J connectivity index is 3.31. The van der Waals surface area contributed by atoms with Crippen LogP contribution in [-0.2, 0) is 19.1 Å². The zero-order valence-electron chi connectivity index (χ0n) is 14.2. The van der Waals surface area contributed by atoms with Gasteiger partial charge in [0.05, 0.1) is 26.4 Å². The molecule has 0 aromatic carbocycles. The first-order chi connectivity index (χ1) is 11.1. The van der Waals surface area contributed by atoms with Gasteiger partial charge in [-0.05, 0) is 12.3 Å². The number of rotatable bonds is 15. The molecule has 0 saturated carbocycles. The van der Waals surface area contributed by atoms with Crippen LogP contribution in [0.25, 0.3) is 0 Å². The molecule has 0 aliphatic carbocycles. The van der Waals surface area contributed by atoms with Crippen molar-refractivity contribution in [2.75, 3.05) is 46.1 Å². The standard InChI is InChI=1S/C15H31N3O4S/c1-13(2)3-6-16-14(19)4-9-21-11-7-17-15(20)5-10-22-12-8-18-23/h13,18,23H,3-12H2,1-2H3,(H,16,19)(H,17,20). The summed E-state index contributed by atoms with van der Waals surface area (Å²) >= 11 is 3.83. The number of nitrogens with one attached hydrogen (secondary N) is 3. The Hall–Kier alpha value is -0.830. The van der Waals surface area contributed by atoms with Gasteiger partial charge in [0.1, 0.15) is 0 Å². The zero-order chi connectivity index (χ0) is 17.3. The maximum Gasteiger partial charge on any atom is 0.222 e. The van der Waals surface area contributed by atoms with Crippen LogP contribution in [0.2, 0.25) is 0 Å². The van der Waals surface area contributed by atoms with Gasteiger partial charge in [-0.3, -0.25) is 14.3 Å². The lowest BCUT2D eigenvalue weighted by Crippen LogP contribution is -2.29. The van der Waals surface area contributed by atoms with Crippen LogP contribution in [0.15, 0.2) is 0 Å². The lowest BCUT2D eigenvalue weighted by molar-refractivity contribution is -0.123. The molecule has 0 unspecified atom stereocenters. The Labute approximate surface area is 144 Å². The summed E-state index contributed by atoms with van der Waals surface area (Å²) in [6, 6.07) is 0. The number of carbonyl (C=O) groups excluding carboxylic acids is 2. The van der Waals surface area contributed by atoms with E-state index in [0.717, 1.165) is 6.42 Å². The summed E-state index contributed by atoms with van der Waals surface area (Å²) in [6.07, 6.45) is 1.65. The normalized spacial score (nSPS) is 10.8. The molecule has 0 heterocycles. The van der Waals surface area contributed by atoms with Crippen molar-refractivity contribution in [3.8, 4) is 0 Å². The SMILES string of the molecule is CC(C)CCNC(=O)CCOCCNC(=O)CCOCCNS. The van der Waals surface area contributed by atoms with E-state index in [0.29, 0.717) is 64.8 Å². The molecule has 136 valence electrons. The molecular formula is C15H31N3O4S. The van der Waals surface area contributed by atoms with Crippen molar-refractivity contribution in [1.82, 2.24) is 15.4 Å². The first kappa shape index (κ1) is 22.2. The minimum Gasteiger partial charge on any atom is -0.380 e. The Kier molecular flexibility index (Phi) is 15.5. The molecule has 0 aliphatic heterocycles. The third kappa shape index (κ3) is 17.4. The Morgan fingerprint density at radius 2 is 1.39 bits per heavy atom. The van der Waals surface area contributed by atoms with E-state index in [1.54, 1.807) is 0 Å². The second-order valence-corrected chi connectivity index (χ2v) is 5.83. The molecule has 0 aliphatic rings. The average Bonchev–Trinajstić information content (AvgIpc) is 2.50. The summed E-state index contributed by atoms with van der Waals surface area (Å²) in [5.41, 5.74) is 0. The van der Waals surface area contributed by atoms with Crippen LogP contribution in [0, 0.1) is 5.92 Å². The Morgan fingerprint density at radius 1 is 0.870 bits per heavy atom. The van der Waals surface area contributed by atoms with E-state index in [9.17, 15) is 9.59 Å². The van der Waals surface area contributed by atoms with Gasteiger partial charge in [0.15, 0.2) is 0 Å². The van der Waals surface area contributed by atoms with Gasteiger partial charge in [-0.1, -0.05) is 26.7 Å². The molecule has 3 N–H and O–H groups in total. The summed E-state index contributed by atoms with van der Waals surface area (Å²) < 4.78 is 13.2. The highest BCUT2D eigenvalue weighted by atomic mass is 32.1. The predicted molar refractivity (Wildman–Crippen MR) is 93.3 cm³/mol. The molecule has 0 saturated heterocycles. The second-order valence-electron chi connectivity index (χ2n) is 5.52. The quantitative estimate of drug-likeness (QED) is 0.256. The highest BCUT2D eigenvalue weighted by Gasteiger charge is 2.03. The molecule has 0 rings (SSSR count). The lowest BCUT2D eigenvalue weighted by Gasteiger charge is -2.08. The average molecular weight is 349 g/mol. The van der Waals surface area contributed by atoms with Gasteiger partial charge in [-0.25, -0.2) is 0 Å². The molecule has 0 spiro atoms. The van der Waals surface area contributed by atoms with E-state index >= 15 is 0 Å². The van der Waals surface area contributed by atoms with Crippen LogP contribution in [-0.4, -0.2) is 57.9 Å². The largest absolute Gasteiger partial charge is 0.380 e. The van der Waals surface area contributed by atoms with Crippen LogP contribution in [0.5, 0.6) is 0 Å². The van der Waals surface area contributed by atoms with Gasteiger partial charge in [0, 0.05) is 32.5 Å². The van der Waals surface area contributed by atoms with Crippen LogP contribution in [0.1, 0.15) is 33.1 Å². The molecular weight excluding hydrogens is 318 g/mol. The van der Waals surface area contributed by atoms with Gasteiger partial charge in [-0.15, -0.1) is 0 Å². The summed E-state index contributed by atoms with van der Waals surface area (Å²) in [6.45, 7) is 7.70. The summed E-state index contributed by atoms with van der Waals surface area (Å²) in [7, 11) is 0. The molecule has 23 heavy (non-hydrogen) atoms. The third-order valence-electron chi connectivity index (χ3n) is 2.92. The molecule has 0 aromatic heterocycles. The first-order valence-electron chi connectivity index (χ1n) is 8.12. The summed E-state index contributed by atoms with van der Waals surface area (Å²) in [4.78, 5) is 22.9. The monoisotopic (exact) mass is 349 g/mol. The topological polar surface area (TPSA) is 88.7 Å². The predicted octanol–water partition coefficient (Wildman–Crippen LogP) is 0.513. The van der Waals surface area contributed by atoms with Crippen LogP contribution < -0.4 is 15.4 Å². The molecule has 2 amide bonds. The molecule has 0 aromatic rings. The van der Waals surface area contributed by atoms with Crippen LogP contribution >= 0.6 is 12.8 Å². The van der Waals surface area contributed by atoms with E-state index in [2.05, 4.69) is 42.0 Å². The first-order valence-corrected chi connectivity index (χ1v) is 8.56. The van der Waals surface area contributed by atoms with Crippen LogP contribution in [0.4, 0.5) is 0 Å². The Morgan fingerprint density at radius 3 is 1.91 bits per heavy atom. The molecule has 7 nitrogen and oxygen atoms in total. The van der Waals surface area contributed by atoms with Gasteiger partial charge in [-0.2, -0.15) is 0 Å². The maximum atomic E-state index is 11.5. The van der Waals surface area contributed by atoms with Crippen molar-refractivity contribution in [1.29, 1.82) is 0 Å². The van der Waals surface area contributed by atoms with E-state index in [1.165, 1.54) is 0 Å². The summed E-state index contributed by atoms with van der Waals surface area (Å²) in [5, 5.41) is 5.58. The third-order valence-corrected chi connectivity index (χ3v) is 3.14.